The molecule has 4 aromatic rings. The lowest BCUT2D eigenvalue weighted by molar-refractivity contribution is -0.131. The van der Waals surface area contributed by atoms with Gasteiger partial charge < -0.3 is 36.2 Å². The molecule has 4 amide bonds. The second-order valence-corrected chi connectivity index (χ2v) is 14.6. The van der Waals surface area contributed by atoms with Crippen molar-refractivity contribution in [1.82, 2.24) is 21.3 Å². The predicted octanol–water partition coefficient (Wildman–Crippen LogP) is 5.21. The Morgan fingerprint density at radius 2 is 1.27 bits per heavy atom. The molecule has 55 heavy (non-hydrogen) atoms. The number of carbonyl (C=O) groups excluding carboxylic acids is 4. The summed E-state index contributed by atoms with van der Waals surface area (Å²) in [7, 11) is 0. The molecule has 0 saturated carbocycles. The molecule has 6 N–H and O–H groups in total. The number of aliphatic hydroxyl groups is 2. The lowest BCUT2D eigenvalue weighted by Crippen LogP contribution is -2.57. The van der Waals surface area contributed by atoms with Crippen LogP contribution in [0, 0.1) is 11.8 Å². The Morgan fingerprint density at radius 3 is 1.93 bits per heavy atom. The van der Waals surface area contributed by atoms with Crippen molar-refractivity contribution in [2.24, 2.45) is 11.8 Å². The SMILES string of the molecule is CCC(C)[C@@H](CO)NC(=O)CC(O)C(CC(C)C)NC(=O)[C@H](Cc1ccccc1)NC(=O)[C@H](Cc1cccc2ccccc12)NC(=O)OCc1ccccc1. The van der Waals surface area contributed by atoms with E-state index in [9.17, 15) is 29.4 Å². The van der Waals surface area contributed by atoms with Crippen molar-refractivity contribution in [3.63, 3.8) is 0 Å². The summed E-state index contributed by atoms with van der Waals surface area (Å²) < 4.78 is 5.50. The molecule has 0 radical (unpaired) electrons. The first-order valence-corrected chi connectivity index (χ1v) is 19.1. The molecule has 0 aliphatic carbocycles. The van der Waals surface area contributed by atoms with Crippen LogP contribution in [-0.2, 0) is 38.6 Å². The van der Waals surface area contributed by atoms with Gasteiger partial charge in [-0.2, -0.15) is 0 Å². The van der Waals surface area contributed by atoms with Crippen LogP contribution in [0.4, 0.5) is 4.79 Å². The molecule has 11 heteroatoms. The zero-order valence-electron chi connectivity index (χ0n) is 32.2. The van der Waals surface area contributed by atoms with Gasteiger partial charge in [-0.25, -0.2) is 4.79 Å². The van der Waals surface area contributed by atoms with E-state index in [1.54, 1.807) is 0 Å². The van der Waals surface area contributed by atoms with E-state index in [1.807, 2.05) is 131 Å². The highest BCUT2D eigenvalue weighted by molar-refractivity contribution is 5.93. The first kappa shape index (κ1) is 42.5. The average molecular weight is 753 g/mol. The minimum absolute atomic E-state index is 0.00416. The minimum atomic E-state index is -1.24. The lowest BCUT2D eigenvalue weighted by Gasteiger charge is -2.29. The van der Waals surface area contributed by atoms with E-state index in [-0.39, 0.29) is 44.3 Å². The van der Waals surface area contributed by atoms with E-state index < -0.39 is 54.1 Å². The van der Waals surface area contributed by atoms with Gasteiger partial charge in [0.1, 0.15) is 18.7 Å². The van der Waals surface area contributed by atoms with Crippen molar-refractivity contribution in [2.75, 3.05) is 6.61 Å². The van der Waals surface area contributed by atoms with E-state index >= 15 is 0 Å². The third-order valence-electron chi connectivity index (χ3n) is 9.83. The number of carbonyl (C=O) groups is 4. The maximum Gasteiger partial charge on any atom is 0.408 e. The van der Waals surface area contributed by atoms with E-state index in [0.717, 1.165) is 33.9 Å². The van der Waals surface area contributed by atoms with E-state index in [4.69, 9.17) is 4.74 Å². The Hall–Kier alpha value is -5.26. The normalized spacial score (nSPS) is 14.5. The number of fused-ring (bicyclic) bond motifs is 1. The van der Waals surface area contributed by atoms with Crippen LogP contribution >= 0.6 is 0 Å². The van der Waals surface area contributed by atoms with Crippen LogP contribution in [0.15, 0.2) is 103 Å². The Bertz CT molecular complexity index is 1820. The molecule has 0 spiro atoms. The summed E-state index contributed by atoms with van der Waals surface area (Å²) in [5.41, 5.74) is 2.39. The fourth-order valence-corrected chi connectivity index (χ4v) is 6.49. The molecule has 294 valence electrons. The molecule has 11 nitrogen and oxygen atoms in total. The lowest BCUT2D eigenvalue weighted by atomic mass is 9.95. The van der Waals surface area contributed by atoms with Crippen molar-refractivity contribution in [3.8, 4) is 0 Å². The summed E-state index contributed by atoms with van der Waals surface area (Å²) in [4.78, 5) is 54.6. The summed E-state index contributed by atoms with van der Waals surface area (Å²) in [6.07, 6.45) is -0.971. The molecule has 0 aromatic heterocycles. The molecule has 0 aliphatic rings. The van der Waals surface area contributed by atoms with Crippen LogP contribution in [-0.4, -0.2) is 70.9 Å². The van der Waals surface area contributed by atoms with Crippen LogP contribution in [0.2, 0.25) is 0 Å². The second kappa shape index (κ2) is 21.6. The number of ether oxygens (including phenoxy) is 1. The highest BCUT2D eigenvalue weighted by Crippen LogP contribution is 2.21. The van der Waals surface area contributed by atoms with Gasteiger partial charge in [0, 0.05) is 12.8 Å². The van der Waals surface area contributed by atoms with E-state index in [1.165, 1.54) is 0 Å². The summed E-state index contributed by atoms with van der Waals surface area (Å²) in [6.45, 7) is 7.55. The highest BCUT2D eigenvalue weighted by Gasteiger charge is 2.32. The zero-order valence-corrected chi connectivity index (χ0v) is 32.2. The predicted molar refractivity (Wildman–Crippen MR) is 214 cm³/mol. The van der Waals surface area contributed by atoms with E-state index in [0.29, 0.717) is 6.42 Å². The fraction of sp³-hybridized carbons (Fsp3) is 0.409. The maximum atomic E-state index is 14.3. The fourth-order valence-electron chi connectivity index (χ4n) is 6.49. The van der Waals surface area contributed by atoms with Crippen molar-refractivity contribution in [2.45, 2.75) is 96.7 Å². The molecular formula is C44H56N4O7. The van der Waals surface area contributed by atoms with Gasteiger partial charge in [0.25, 0.3) is 0 Å². The number of amides is 4. The van der Waals surface area contributed by atoms with Crippen LogP contribution < -0.4 is 21.3 Å². The van der Waals surface area contributed by atoms with Gasteiger partial charge in [-0.15, -0.1) is 0 Å². The molecule has 0 fully saturated rings. The van der Waals surface area contributed by atoms with Crippen molar-refractivity contribution in [3.05, 3.63) is 120 Å². The molecule has 0 heterocycles. The number of hydrogen-bond donors (Lipinski definition) is 6. The molecule has 0 bridgehead atoms. The quantitative estimate of drug-likeness (QED) is 0.0722. The largest absolute Gasteiger partial charge is 0.445 e. The van der Waals surface area contributed by atoms with Crippen LogP contribution in [0.5, 0.6) is 0 Å². The Morgan fingerprint density at radius 1 is 0.673 bits per heavy atom. The number of hydrogen-bond acceptors (Lipinski definition) is 7. The van der Waals surface area contributed by atoms with Crippen molar-refractivity contribution >= 4 is 34.6 Å². The first-order valence-electron chi connectivity index (χ1n) is 19.1. The maximum absolute atomic E-state index is 14.3. The number of rotatable bonds is 20. The van der Waals surface area contributed by atoms with Gasteiger partial charge >= 0.3 is 6.09 Å². The summed E-state index contributed by atoms with van der Waals surface area (Å²) >= 11 is 0. The van der Waals surface area contributed by atoms with Crippen LogP contribution in [0.25, 0.3) is 10.8 Å². The smallest absolute Gasteiger partial charge is 0.408 e. The van der Waals surface area contributed by atoms with Gasteiger partial charge in [0.15, 0.2) is 0 Å². The van der Waals surface area contributed by atoms with Crippen LogP contribution in [0.3, 0.4) is 0 Å². The molecule has 0 aliphatic heterocycles. The van der Waals surface area contributed by atoms with Gasteiger partial charge in [0.2, 0.25) is 17.7 Å². The molecule has 3 unspecified atom stereocenters. The summed E-state index contributed by atoms with van der Waals surface area (Å²) in [5, 5.41) is 34.4. The molecule has 6 atom stereocenters. The average Bonchev–Trinajstić information content (AvgIpc) is 3.18. The third-order valence-corrected chi connectivity index (χ3v) is 9.83. The minimum Gasteiger partial charge on any atom is -0.445 e. The standard InChI is InChI=1S/C44H56N4O7/c1-5-30(4)39(27-49)45-41(51)26-40(50)36(23-29(2)3)46-42(52)37(24-31-15-8-6-9-16-31)47-43(53)38(48-44(54)55-28-32-17-10-7-11-18-32)25-34-21-14-20-33-19-12-13-22-35(33)34/h6-22,29-30,36-40,49-50H,5,23-28H2,1-4H3,(H,45,51)(H,46,52)(H,47,53)(H,48,54)/t30?,36?,37-,38-,39+,40?/m0/s1. The topological polar surface area (TPSA) is 166 Å². The third kappa shape index (κ3) is 13.5. The Balaban J connectivity index is 1.57. The van der Waals surface area contributed by atoms with Gasteiger partial charge in [-0.1, -0.05) is 137 Å². The molecule has 4 rings (SSSR count). The van der Waals surface area contributed by atoms with Crippen molar-refractivity contribution < 1.29 is 34.1 Å². The highest BCUT2D eigenvalue weighted by atomic mass is 16.5. The number of benzene rings is 4. The van der Waals surface area contributed by atoms with Crippen LogP contribution in [0.1, 0.15) is 63.6 Å². The Kier molecular flexibility index (Phi) is 16.7. The molecule has 0 saturated heterocycles. The van der Waals surface area contributed by atoms with Gasteiger partial charge in [0.05, 0.1) is 31.2 Å². The summed E-state index contributed by atoms with van der Waals surface area (Å²) in [6, 6.07) is 28.4. The second-order valence-electron chi connectivity index (χ2n) is 14.6. The Labute approximate surface area is 324 Å². The van der Waals surface area contributed by atoms with Gasteiger partial charge in [-0.3, -0.25) is 14.4 Å². The summed E-state index contributed by atoms with van der Waals surface area (Å²) in [5.74, 6) is -1.51. The van der Waals surface area contributed by atoms with Gasteiger partial charge in [-0.05, 0) is 45.7 Å². The number of aliphatic hydroxyl groups excluding tert-OH is 2. The van der Waals surface area contributed by atoms with E-state index in [2.05, 4.69) is 21.3 Å². The number of nitrogens with one attached hydrogen (secondary N) is 4. The first-order chi connectivity index (χ1) is 26.5. The molecule has 4 aromatic carbocycles. The molecular weight excluding hydrogens is 697 g/mol. The number of alkyl carbamates (subject to hydrolysis) is 1. The van der Waals surface area contributed by atoms with Crippen molar-refractivity contribution in [1.29, 1.82) is 0 Å². The zero-order chi connectivity index (χ0) is 39.7. The monoisotopic (exact) mass is 752 g/mol.